The van der Waals surface area contributed by atoms with Crippen molar-refractivity contribution in [2.75, 3.05) is 34.3 Å². The van der Waals surface area contributed by atoms with Crippen molar-refractivity contribution in [2.24, 2.45) is 5.73 Å². The third-order valence-corrected chi connectivity index (χ3v) is 8.51. The van der Waals surface area contributed by atoms with E-state index in [0.29, 0.717) is 10.9 Å². The van der Waals surface area contributed by atoms with Crippen molar-refractivity contribution in [3.63, 3.8) is 0 Å². The standard InChI is InChI=1S/C37H52N8O7/c1-23(40-36(51)30(41-24(2)47)19-25-13-7-6-8-14-25)34(49)43-31(20-26-21-39-28-16-10-9-15-27(26)28)37(52)42-29(17-11-12-18-45(3,4)5)35(50)44-32(22-46)33(38)48/h6-10,13-16,21,23,29-32,39,46H,11-12,17-20,22H2,1-5H3,(H6-,38,40,41,42,43,44,47,48,49,50,51,52)/p+1/t23-,29-,30-,31-,32-/m0/s1. The highest BCUT2D eigenvalue weighted by Crippen LogP contribution is 2.19. The van der Waals surface area contributed by atoms with Crippen LogP contribution in [0.3, 0.4) is 0 Å². The normalized spacial score (nSPS) is 14.3. The lowest BCUT2D eigenvalue weighted by Crippen LogP contribution is -2.59. The molecular weight excluding hydrogens is 668 g/mol. The molecule has 1 heterocycles. The summed E-state index contributed by atoms with van der Waals surface area (Å²) in [6, 6.07) is 10.8. The number of quaternary nitrogens is 1. The Kier molecular flexibility index (Phi) is 15.3. The summed E-state index contributed by atoms with van der Waals surface area (Å²) in [6.07, 6.45) is 3.45. The molecule has 282 valence electrons. The number of nitrogens with one attached hydrogen (secondary N) is 6. The van der Waals surface area contributed by atoms with E-state index in [2.05, 4.69) is 31.6 Å². The van der Waals surface area contributed by atoms with Crippen LogP contribution in [0.2, 0.25) is 0 Å². The molecule has 0 saturated carbocycles. The number of aromatic nitrogens is 1. The zero-order chi connectivity index (χ0) is 38.4. The second-order valence-corrected chi connectivity index (χ2v) is 14.0. The molecule has 52 heavy (non-hydrogen) atoms. The number of nitrogens with two attached hydrogens (primary N) is 1. The molecule has 3 rings (SSSR count). The Morgan fingerprint density at radius 1 is 0.731 bits per heavy atom. The van der Waals surface area contributed by atoms with E-state index < -0.39 is 72.3 Å². The van der Waals surface area contributed by atoms with Gasteiger partial charge in [0.25, 0.3) is 0 Å². The van der Waals surface area contributed by atoms with Gasteiger partial charge in [0.1, 0.15) is 30.2 Å². The SMILES string of the molecule is CC(=O)N[C@@H](Cc1ccccc1)C(=O)N[C@@H](C)C(=O)N[C@@H](Cc1c[nH]c2ccccc12)C(=O)N[C@@H](CCCC[N+](C)(C)C)C(=O)N[C@@H](CO)C(N)=O. The van der Waals surface area contributed by atoms with Crippen LogP contribution in [0.15, 0.2) is 60.8 Å². The fraction of sp³-hybridized carbons (Fsp3) is 0.459. The number of aromatic amines is 1. The summed E-state index contributed by atoms with van der Waals surface area (Å²) in [5.74, 6) is -4.00. The van der Waals surface area contributed by atoms with Crippen LogP contribution in [0.4, 0.5) is 0 Å². The van der Waals surface area contributed by atoms with Gasteiger partial charge in [0.15, 0.2) is 0 Å². The second kappa shape index (κ2) is 19.4. The van der Waals surface area contributed by atoms with Gasteiger partial charge in [-0.2, -0.15) is 0 Å². The Bertz CT molecular complexity index is 1690. The van der Waals surface area contributed by atoms with E-state index >= 15 is 0 Å². The molecule has 0 aliphatic carbocycles. The molecule has 6 amide bonds. The van der Waals surface area contributed by atoms with E-state index in [1.165, 1.54) is 13.8 Å². The number of aliphatic hydroxyl groups is 1. The Morgan fingerprint density at radius 3 is 1.94 bits per heavy atom. The molecule has 0 aliphatic rings. The van der Waals surface area contributed by atoms with Crippen LogP contribution in [0, 0.1) is 0 Å². The third kappa shape index (κ3) is 13.1. The molecule has 0 saturated heterocycles. The quantitative estimate of drug-likeness (QED) is 0.0578. The summed E-state index contributed by atoms with van der Waals surface area (Å²) in [5.41, 5.74) is 7.68. The minimum atomic E-state index is -1.35. The number of hydrogen-bond donors (Lipinski definition) is 8. The molecule has 15 nitrogen and oxygen atoms in total. The highest BCUT2D eigenvalue weighted by molar-refractivity contribution is 5.96. The number of fused-ring (bicyclic) bond motifs is 1. The first-order valence-corrected chi connectivity index (χ1v) is 17.4. The van der Waals surface area contributed by atoms with Gasteiger partial charge in [-0.15, -0.1) is 0 Å². The number of nitrogens with zero attached hydrogens (tertiary/aromatic N) is 1. The molecule has 0 unspecified atom stereocenters. The van der Waals surface area contributed by atoms with E-state index in [-0.39, 0.29) is 19.3 Å². The molecule has 0 fully saturated rings. The number of H-pyrrole nitrogens is 1. The molecule has 0 spiro atoms. The molecule has 0 aliphatic heterocycles. The van der Waals surface area contributed by atoms with Crippen LogP contribution >= 0.6 is 0 Å². The minimum absolute atomic E-state index is 0.0289. The van der Waals surface area contributed by atoms with Crippen molar-refractivity contribution in [3.8, 4) is 0 Å². The summed E-state index contributed by atoms with van der Waals surface area (Å²) in [5, 5.41) is 23.6. The van der Waals surface area contributed by atoms with Crippen molar-refractivity contribution in [1.29, 1.82) is 0 Å². The molecule has 1 aromatic heterocycles. The van der Waals surface area contributed by atoms with Crippen LogP contribution in [0.25, 0.3) is 10.9 Å². The topological polar surface area (TPSA) is 225 Å². The summed E-state index contributed by atoms with van der Waals surface area (Å²) in [4.78, 5) is 81.2. The number of carbonyl (C=O) groups is 6. The monoisotopic (exact) mass is 721 g/mol. The fourth-order valence-corrected chi connectivity index (χ4v) is 5.67. The largest absolute Gasteiger partial charge is 0.394 e. The van der Waals surface area contributed by atoms with Crippen LogP contribution in [-0.2, 0) is 41.6 Å². The van der Waals surface area contributed by atoms with E-state index in [1.807, 2.05) is 75.7 Å². The molecule has 15 heteroatoms. The van der Waals surface area contributed by atoms with Crippen LogP contribution in [0.5, 0.6) is 0 Å². The number of para-hydroxylation sites is 1. The Balaban J connectivity index is 1.83. The predicted octanol–water partition coefficient (Wildman–Crippen LogP) is -0.229. The third-order valence-electron chi connectivity index (χ3n) is 8.51. The highest BCUT2D eigenvalue weighted by Gasteiger charge is 2.31. The lowest BCUT2D eigenvalue weighted by molar-refractivity contribution is -0.870. The van der Waals surface area contributed by atoms with Crippen molar-refractivity contribution >= 4 is 46.3 Å². The maximum Gasteiger partial charge on any atom is 0.243 e. The fourth-order valence-electron chi connectivity index (χ4n) is 5.67. The van der Waals surface area contributed by atoms with Crippen molar-refractivity contribution in [1.82, 2.24) is 31.6 Å². The van der Waals surface area contributed by atoms with Crippen molar-refractivity contribution in [2.45, 2.75) is 76.2 Å². The average Bonchev–Trinajstić information content (AvgIpc) is 3.49. The van der Waals surface area contributed by atoms with Crippen LogP contribution in [-0.4, -0.2) is 115 Å². The zero-order valence-electron chi connectivity index (χ0n) is 30.5. The first kappa shape index (κ1) is 41.1. The molecule has 0 radical (unpaired) electrons. The minimum Gasteiger partial charge on any atom is -0.394 e. The molecule has 2 aromatic carbocycles. The van der Waals surface area contributed by atoms with Gasteiger partial charge in [0.05, 0.1) is 34.3 Å². The number of aliphatic hydroxyl groups excluding tert-OH is 1. The second-order valence-electron chi connectivity index (χ2n) is 14.0. The van der Waals surface area contributed by atoms with Gasteiger partial charge >= 0.3 is 0 Å². The van der Waals surface area contributed by atoms with Crippen molar-refractivity contribution in [3.05, 3.63) is 71.9 Å². The summed E-state index contributed by atoms with van der Waals surface area (Å²) >= 11 is 0. The molecule has 3 aromatic rings. The number of rotatable bonds is 20. The molecule has 9 N–H and O–H groups in total. The predicted molar refractivity (Wildman–Crippen MR) is 196 cm³/mol. The maximum atomic E-state index is 14.0. The van der Waals surface area contributed by atoms with Crippen LogP contribution < -0.4 is 32.3 Å². The Morgan fingerprint density at radius 2 is 1.31 bits per heavy atom. The van der Waals surface area contributed by atoms with Gasteiger partial charge in [-0.1, -0.05) is 48.5 Å². The first-order valence-electron chi connectivity index (χ1n) is 17.4. The van der Waals surface area contributed by atoms with Gasteiger partial charge in [-0.25, -0.2) is 0 Å². The zero-order valence-corrected chi connectivity index (χ0v) is 30.5. The van der Waals surface area contributed by atoms with Crippen LogP contribution in [0.1, 0.15) is 44.2 Å². The summed E-state index contributed by atoms with van der Waals surface area (Å²) in [6.45, 7) is 2.84. The summed E-state index contributed by atoms with van der Waals surface area (Å²) in [7, 11) is 6.11. The van der Waals surface area contributed by atoms with E-state index in [9.17, 15) is 33.9 Å². The van der Waals surface area contributed by atoms with Gasteiger partial charge in [0, 0.05) is 36.9 Å². The van der Waals surface area contributed by atoms with E-state index in [1.54, 1.807) is 6.20 Å². The van der Waals surface area contributed by atoms with Crippen molar-refractivity contribution < 1.29 is 38.4 Å². The molecular formula is C37H53N8O7+. The Hall–Kier alpha value is -5.28. The number of unbranched alkanes of at least 4 members (excludes halogenated alkanes) is 1. The summed E-state index contributed by atoms with van der Waals surface area (Å²) < 4.78 is 0.697. The smallest absolute Gasteiger partial charge is 0.243 e. The number of benzene rings is 2. The number of primary amides is 1. The van der Waals surface area contributed by atoms with E-state index in [4.69, 9.17) is 5.73 Å². The number of hydrogen-bond acceptors (Lipinski definition) is 7. The van der Waals surface area contributed by atoms with Gasteiger partial charge in [-0.3, -0.25) is 28.8 Å². The Labute approximate surface area is 304 Å². The molecule has 5 atom stereocenters. The van der Waals surface area contributed by atoms with E-state index in [0.717, 1.165) is 35.0 Å². The number of carbonyl (C=O) groups excluding carboxylic acids is 6. The average molecular weight is 722 g/mol. The lowest BCUT2D eigenvalue weighted by Gasteiger charge is -2.27. The van der Waals surface area contributed by atoms with Gasteiger partial charge in [0.2, 0.25) is 35.4 Å². The molecule has 0 bridgehead atoms. The lowest BCUT2D eigenvalue weighted by atomic mass is 10.0. The van der Waals surface area contributed by atoms with Gasteiger partial charge < -0.3 is 46.9 Å². The van der Waals surface area contributed by atoms with Gasteiger partial charge in [-0.05, 0) is 43.4 Å². The highest BCUT2D eigenvalue weighted by atomic mass is 16.3. The maximum absolute atomic E-state index is 14.0. The first-order chi connectivity index (χ1) is 24.6. The number of amides is 6.